The number of rotatable bonds is 2. The zero-order valence-corrected chi connectivity index (χ0v) is 11.0. The predicted molar refractivity (Wildman–Crippen MR) is 68.9 cm³/mol. The third-order valence-corrected chi connectivity index (χ3v) is 4.22. The number of hydrogen-bond donors (Lipinski definition) is 2. The van der Waals surface area contributed by atoms with Crippen molar-refractivity contribution in [1.82, 2.24) is 15.5 Å². The summed E-state index contributed by atoms with van der Waals surface area (Å²) in [6.07, 6.45) is 4.35. The molecule has 3 atom stereocenters. The molecule has 2 fully saturated rings. The molecule has 0 aromatic rings. The van der Waals surface area contributed by atoms with Crippen molar-refractivity contribution in [2.75, 3.05) is 26.7 Å². The predicted octanol–water partition coefficient (Wildman–Crippen LogP) is 0.585. The molecule has 0 radical (unpaired) electrons. The van der Waals surface area contributed by atoms with E-state index in [2.05, 4.69) is 29.5 Å². The smallest absolute Gasteiger partial charge is 0.224 e. The summed E-state index contributed by atoms with van der Waals surface area (Å²) in [6, 6.07) is 0.967. The Bertz CT molecular complexity index is 263. The molecule has 2 saturated heterocycles. The van der Waals surface area contributed by atoms with E-state index in [-0.39, 0.29) is 11.8 Å². The summed E-state index contributed by atoms with van der Waals surface area (Å²) in [5, 5.41) is 6.53. The molecule has 98 valence electrons. The van der Waals surface area contributed by atoms with Gasteiger partial charge in [0.1, 0.15) is 0 Å². The fourth-order valence-corrected chi connectivity index (χ4v) is 2.82. The molecule has 1 amide bonds. The third-order valence-electron chi connectivity index (χ3n) is 4.22. The van der Waals surface area contributed by atoms with E-state index in [9.17, 15) is 4.79 Å². The maximum Gasteiger partial charge on any atom is 0.224 e. The van der Waals surface area contributed by atoms with Gasteiger partial charge in [0.25, 0.3) is 0 Å². The molecule has 2 unspecified atom stereocenters. The zero-order chi connectivity index (χ0) is 12.3. The minimum atomic E-state index is 0.193. The fourth-order valence-electron chi connectivity index (χ4n) is 2.82. The van der Waals surface area contributed by atoms with Crippen molar-refractivity contribution in [1.29, 1.82) is 0 Å². The van der Waals surface area contributed by atoms with Gasteiger partial charge < -0.3 is 15.5 Å². The number of carbonyl (C=O) groups is 1. The Balaban J connectivity index is 1.78. The standard InChI is InChI=1S/C13H25N3O/c1-10-8-12(5-7-16(10)2)15-13(17)11-4-3-6-14-9-11/h10-12,14H,3-9H2,1-2H3,(H,15,17)/t10?,11-,12?/m1/s1. The lowest BCUT2D eigenvalue weighted by Gasteiger charge is -2.36. The summed E-state index contributed by atoms with van der Waals surface area (Å²) in [4.78, 5) is 14.5. The molecule has 4 heteroatoms. The van der Waals surface area contributed by atoms with Crippen LogP contribution < -0.4 is 10.6 Å². The Morgan fingerprint density at radius 3 is 2.88 bits per heavy atom. The Hall–Kier alpha value is -0.610. The van der Waals surface area contributed by atoms with Gasteiger partial charge in [-0.15, -0.1) is 0 Å². The van der Waals surface area contributed by atoms with Crippen molar-refractivity contribution in [3.63, 3.8) is 0 Å². The summed E-state index contributed by atoms with van der Waals surface area (Å²) < 4.78 is 0. The molecule has 2 rings (SSSR count). The molecule has 2 aliphatic heterocycles. The van der Waals surface area contributed by atoms with Gasteiger partial charge in [-0.3, -0.25) is 4.79 Å². The molecule has 0 saturated carbocycles. The molecule has 0 aromatic heterocycles. The van der Waals surface area contributed by atoms with Gasteiger partial charge in [0.2, 0.25) is 5.91 Å². The summed E-state index contributed by atoms with van der Waals surface area (Å²) >= 11 is 0. The van der Waals surface area contributed by atoms with Crippen LogP contribution in [0.4, 0.5) is 0 Å². The quantitative estimate of drug-likeness (QED) is 0.741. The first-order valence-electron chi connectivity index (χ1n) is 6.88. The molecule has 0 aromatic carbocycles. The van der Waals surface area contributed by atoms with Gasteiger partial charge in [0.15, 0.2) is 0 Å². The van der Waals surface area contributed by atoms with Gasteiger partial charge in [0.05, 0.1) is 5.92 Å². The lowest BCUT2D eigenvalue weighted by atomic mass is 9.95. The van der Waals surface area contributed by atoms with Gasteiger partial charge in [-0.05, 0) is 46.2 Å². The minimum absolute atomic E-state index is 0.193. The molecule has 4 nitrogen and oxygen atoms in total. The van der Waals surface area contributed by atoms with Gasteiger partial charge >= 0.3 is 0 Å². The van der Waals surface area contributed by atoms with E-state index in [4.69, 9.17) is 0 Å². The van der Waals surface area contributed by atoms with Crippen LogP contribution in [0.1, 0.15) is 32.6 Å². The highest BCUT2D eigenvalue weighted by Gasteiger charge is 2.27. The highest BCUT2D eigenvalue weighted by atomic mass is 16.2. The van der Waals surface area contributed by atoms with Gasteiger partial charge in [-0.25, -0.2) is 0 Å². The second-order valence-electron chi connectivity index (χ2n) is 5.60. The minimum Gasteiger partial charge on any atom is -0.353 e. The monoisotopic (exact) mass is 239 g/mol. The molecule has 2 heterocycles. The average molecular weight is 239 g/mol. The topological polar surface area (TPSA) is 44.4 Å². The molecular formula is C13H25N3O. The SMILES string of the molecule is CC1CC(NC(=O)[C@@H]2CCCNC2)CCN1C. The molecule has 0 spiro atoms. The second kappa shape index (κ2) is 5.83. The maximum atomic E-state index is 12.1. The van der Waals surface area contributed by atoms with E-state index in [0.29, 0.717) is 12.1 Å². The van der Waals surface area contributed by atoms with Crippen LogP contribution in [0.15, 0.2) is 0 Å². The van der Waals surface area contributed by atoms with Gasteiger partial charge in [-0.1, -0.05) is 0 Å². The van der Waals surface area contributed by atoms with Crippen molar-refractivity contribution >= 4 is 5.91 Å². The summed E-state index contributed by atoms with van der Waals surface area (Å²) in [7, 11) is 2.16. The number of nitrogens with one attached hydrogen (secondary N) is 2. The van der Waals surface area contributed by atoms with Crippen LogP contribution in [-0.4, -0.2) is 49.6 Å². The first kappa shape index (κ1) is 12.8. The first-order chi connectivity index (χ1) is 8.16. The van der Waals surface area contributed by atoms with Crippen LogP contribution in [-0.2, 0) is 4.79 Å². The zero-order valence-electron chi connectivity index (χ0n) is 11.0. The molecular weight excluding hydrogens is 214 g/mol. The Morgan fingerprint density at radius 1 is 1.41 bits per heavy atom. The van der Waals surface area contributed by atoms with Crippen molar-refractivity contribution in [2.45, 2.75) is 44.7 Å². The van der Waals surface area contributed by atoms with Crippen LogP contribution in [0.5, 0.6) is 0 Å². The summed E-state index contributed by atoms with van der Waals surface area (Å²) in [5.41, 5.74) is 0. The van der Waals surface area contributed by atoms with Gasteiger partial charge in [0, 0.05) is 25.2 Å². The van der Waals surface area contributed by atoms with Crippen LogP contribution in [0.25, 0.3) is 0 Å². The fraction of sp³-hybridized carbons (Fsp3) is 0.923. The normalized spacial score (nSPS) is 35.5. The van der Waals surface area contributed by atoms with Crippen molar-refractivity contribution in [3.8, 4) is 0 Å². The maximum absolute atomic E-state index is 12.1. The molecule has 17 heavy (non-hydrogen) atoms. The lowest BCUT2D eigenvalue weighted by molar-refractivity contribution is -0.126. The Morgan fingerprint density at radius 2 is 2.24 bits per heavy atom. The van der Waals surface area contributed by atoms with Crippen LogP contribution >= 0.6 is 0 Å². The van der Waals surface area contributed by atoms with E-state index in [1.54, 1.807) is 0 Å². The van der Waals surface area contributed by atoms with Crippen molar-refractivity contribution in [2.24, 2.45) is 5.92 Å². The molecule has 0 bridgehead atoms. The Labute approximate surface area is 104 Å². The summed E-state index contributed by atoms with van der Waals surface area (Å²) in [6.45, 7) is 5.25. The van der Waals surface area contributed by atoms with Gasteiger partial charge in [-0.2, -0.15) is 0 Å². The van der Waals surface area contributed by atoms with Crippen LogP contribution in [0, 0.1) is 5.92 Å². The highest BCUT2D eigenvalue weighted by Crippen LogP contribution is 2.17. The van der Waals surface area contributed by atoms with E-state index >= 15 is 0 Å². The number of carbonyl (C=O) groups excluding carboxylic acids is 1. The molecule has 0 aliphatic carbocycles. The highest BCUT2D eigenvalue weighted by molar-refractivity contribution is 5.79. The van der Waals surface area contributed by atoms with E-state index in [0.717, 1.165) is 45.3 Å². The number of hydrogen-bond acceptors (Lipinski definition) is 3. The van der Waals surface area contributed by atoms with E-state index in [1.165, 1.54) is 0 Å². The lowest BCUT2D eigenvalue weighted by Crippen LogP contribution is -2.50. The molecule has 2 aliphatic rings. The van der Waals surface area contributed by atoms with Crippen molar-refractivity contribution in [3.05, 3.63) is 0 Å². The number of amides is 1. The third kappa shape index (κ3) is 3.42. The largest absolute Gasteiger partial charge is 0.353 e. The first-order valence-corrected chi connectivity index (χ1v) is 6.88. The van der Waals surface area contributed by atoms with E-state index < -0.39 is 0 Å². The number of piperidine rings is 2. The second-order valence-corrected chi connectivity index (χ2v) is 5.60. The summed E-state index contributed by atoms with van der Waals surface area (Å²) in [5.74, 6) is 0.456. The molecule has 2 N–H and O–H groups in total. The van der Waals surface area contributed by atoms with Crippen molar-refractivity contribution < 1.29 is 4.79 Å². The van der Waals surface area contributed by atoms with Crippen LogP contribution in [0.3, 0.4) is 0 Å². The van der Waals surface area contributed by atoms with Crippen LogP contribution in [0.2, 0.25) is 0 Å². The average Bonchev–Trinajstić information content (AvgIpc) is 2.35. The number of nitrogens with zero attached hydrogens (tertiary/aromatic N) is 1. The number of likely N-dealkylation sites (tertiary alicyclic amines) is 1. The Kier molecular flexibility index (Phi) is 4.40. The van der Waals surface area contributed by atoms with E-state index in [1.807, 2.05) is 0 Å².